The first-order valence-corrected chi connectivity index (χ1v) is 6.31. The minimum Gasteiger partial charge on any atom is -0.267 e. The van der Waals surface area contributed by atoms with Crippen molar-refractivity contribution in [1.29, 1.82) is 0 Å². The van der Waals surface area contributed by atoms with Crippen molar-refractivity contribution in [2.75, 3.05) is 0 Å². The highest BCUT2D eigenvalue weighted by molar-refractivity contribution is 5.94. The second-order valence-corrected chi connectivity index (χ2v) is 4.43. The molecule has 0 unspecified atom stereocenters. The van der Waals surface area contributed by atoms with Gasteiger partial charge in [0.1, 0.15) is 5.82 Å². The predicted molar refractivity (Wildman–Crippen MR) is 77.2 cm³/mol. The molecule has 3 nitrogen and oxygen atoms in total. The SMILES string of the molecule is C[C@@H](/C=N\NC(=O)c1ccc(F)cc1)c1ccccc1. The molecule has 0 aromatic heterocycles. The fraction of sp³-hybridized carbons (Fsp3) is 0.125. The lowest BCUT2D eigenvalue weighted by Gasteiger charge is -2.05. The van der Waals surface area contributed by atoms with Crippen molar-refractivity contribution in [2.45, 2.75) is 12.8 Å². The topological polar surface area (TPSA) is 41.5 Å². The predicted octanol–water partition coefficient (Wildman–Crippen LogP) is 3.35. The fourth-order valence-corrected chi connectivity index (χ4v) is 1.72. The van der Waals surface area contributed by atoms with Gasteiger partial charge in [-0.2, -0.15) is 5.10 Å². The highest BCUT2D eigenvalue weighted by atomic mass is 19.1. The molecule has 0 spiro atoms. The van der Waals surface area contributed by atoms with E-state index in [9.17, 15) is 9.18 Å². The Kier molecular flexibility index (Phi) is 4.60. The van der Waals surface area contributed by atoms with E-state index < -0.39 is 0 Å². The third-order valence-electron chi connectivity index (χ3n) is 2.90. The minimum absolute atomic E-state index is 0.102. The molecule has 2 aromatic carbocycles. The number of carbonyl (C=O) groups is 1. The number of rotatable bonds is 4. The lowest BCUT2D eigenvalue weighted by molar-refractivity contribution is 0.0955. The van der Waals surface area contributed by atoms with Crippen LogP contribution in [0.15, 0.2) is 59.7 Å². The maximum Gasteiger partial charge on any atom is 0.271 e. The smallest absolute Gasteiger partial charge is 0.267 e. The Morgan fingerprint density at radius 2 is 1.80 bits per heavy atom. The van der Waals surface area contributed by atoms with E-state index in [4.69, 9.17) is 0 Å². The number of amides is 1. The van der Waals surface area contributed by atoms with Crippen molar-refractivity contribution < 1.29 is 9.18 Å². The normalized spacial score (nSPS) is 12.3. The number of hydrazone groups is 1. The van der Waals surface area contributed by atoms with Gasteiger partial charge in [-0.25, -0.2) is 9.82 Å². The van der Waals surface area contributed by atoms with Gasteiger partial charge >= 0.3 is 0 Å². The average molecular weight is 270 g/mol. The van der Waals surface area contributed by atoms with Gasteiger partial charge in [-0.15, -0.1) is 0 Å². The number of hydrogen-bond acceptors (Lipinski definition) is 2. The van der Waals surface area contributed by atoms with Gasteiger partial charge in [0.2, 0.25) is 0 Å². The summed E-state index contributed by atoms with van der Waals surface area (Å²) >= 11 is 0. The van der Waals surface area contributed by atoms with Crippen molar-refractivity contribution in [3.63, 3.8) is 0 Å². The summed E-state index contributed by atoms with van der Waals surface area (Å²) in [6, 6.07) is 15.2. The van der Waals surface area contributed by atoms with Crippen molar-refractivity contribution in [3.8, 4) is 0 Å². The van der Waals surface area contributed by atoms with E-state index in [1.54, 1.807) is 6.21 Å². The van der Waals surface area contributed by atoms with Crippen LogP contribution in [-0.2, 0) is 0 Å². The van der Waals surface area contributed by atoms with Crippen LogP contribution in [0.1, 0.15) is 28.8 Å². The van der Waals surface area contributed by atoms with Crippen molar-refractivity contribution >= 4 is 12.1 Å². The van der Waals surface area contributed by atoms with Crippen LogP contribution in [0.4, 0.5) is 4.39 Å². The summed E-state index contributed by atoms with van der Waals surface area (Å²) < 4.78 is 12.7. The van der Waals surface area contributed by atoms with E-state index in [1.807, 2.05) is 37.3 Å². The standard InChI is InChI=1S/C16H15FN2O/c1-12(13-5-3-2-4-6-13)11-18-19-16(20)14-7-9-15(17)10-8-14/h2-12H,1H3,(H,19,20)/b18-11-/t12-/m0/s1. The van der Waals surface area contributed by atoms with Crippen LogP contribution in [0, 0.1) is 5.82 Å². The summed E-state index contributed by atoms with van der Waals surface area (Å²) in [6.45, 7) is 1.99. The van der Waals surface area contributed by atoms with Gasteiger partial charge in [-0.05, 0) is 29.8 Å². The van der Waals surface area contributed by atoms with Crippen molar-refractivity contribution in [1.82, 2.24) is 5.43 Å². The Bertz CT molecular complexity index is 594. The lowest BCUT2D eigenvalue weighted by Crippen LogP contribution is -2.18. The Hall–Kier alpha value is -2.49. The largest absolute Gasteiger partial charge is 0.271 e. The van der Waals surface area contributed by atoms with Crippen LogP contribution in [0.2, 0.25) is 0 Å². The van der Waals surface area contributed by atoms with E-state index >= 15 is 0 Å². The molecular formula is C16H15FN2O. The van der Waals surface area contributed by atoms with Gasteiger partial charge in [0, 0.05) is 17.7 Å². The van der Waals surface area contributed by atoms with Gasteiger partial charge in [-0.1, -0.05) is 37.3 Å². The molecule has 1 amide bonds. The van der Waals surface area contributed by atoms with E-state index in [-0.39, 0.29) is 17.6 Å². The molecule has 0 saturated carbocycles. The maximum atomic E-state index is 12.7. The van der Waals surface area contributed by atoms with Crippen molar-refractivity contribution in [3.05, 3.63) is 71.5 Å². The van der Waals surface area contributed by atoms with E-state index in [2.05, 4.69) is 10.5 Å². The van der Waals surface area contributed by atoms with Gasteiger partial charge in [0.25, 0.3) is 5.91 Å². The summed E-state index contributed by atoms with van der Waals surface area (Å²) in [5.41, 5.74) is 3.92. The fourth-order valence-electron chi connectivity index (χ4n) is 1.72. The second kappa shape index (κ2) is 6.61. The van der Waals surface area contributed by atoms with E-state index in [0.717, 1.165) is 5.56 Å². The van der Waals surface area contributed by atoms with Gasteiger partial charge < -0.3 is 0 Å². The quantitative estimate of drug-likeness (QED) is 0.672. The molecule has 1 atom stereocenters. The highest BCUT2D eigenvalue weighted by Crippen LogP contribution is 2.11. The van der Waals surface area contributed by atoms with Crippen LogP contribution in [0.25, 0.3) is 0 Å². The monoisotopic (exact) mass is 270 g/mol. The Labute approximate surface area is 117 Å². The number of nitrogens with one attached hydrogen (secondary N) is 1. The molecule has 0 fully saturated rings. The first-order chi connectivity index (χ1) is 9.66. The second-order valence-electron chi connectivity index (χ2n) is 4.43. The molecule has 0 aliphatic carbocycles. The zero-order valence-corrected chi connectivity index (χ0v) is 11.1. The van der Waals surface area contributed by atoms with Crippen LogP contribution in [0.5, 0.6) is 0 Å². The number of hydrogen-bond donors (Lipinski definition) is 1. The summed E-state index contributed by atoms with van der Waals surface area (Å²) in [7, 11) is 0. The molecule has 1 N–H and O–H groups in total. The number of carbonyl (C=O) groups excluding carboxylic acids is 1. The third kappa shape index (κ3) is 3.75. The number of halogens is 1. The van der Waals surface area contributed by atoms with Gasteiger partial charge in [-0.3, -0.25) is 4.79 Å². The summed E-state index contributed by atoms with van der Waals surface area (Å²) in [4.78, 5) is 11.7. The molecule has 0 radical (unpaired) electrons. The molecule has 20 heavy (non-hydrogen) atoms. The zero-order chi connectivity index (χ0) is 14.4. The Morgan fingerprint density at radius 3 is 2.45 bits per heavy atom. The van der Waals surface area contributed by atoms with Gasteiger partial charge in [0.05, 0.1) is 0 Å². The Balaban J connectivity index is 1.93. The van der Waals surface area contributed by atoms with Crippen LogP contribution < -0.4 is 5.43 Å². The first kappa shape index (κ1) is 13.9. The average Bonchev–Trinajstić information content (AvgIpc) is 2.48. The van der Waals surface area contributed by atoms with Crippen LogP contribution >= 0.6 is 0 Å². The van der Waals surface area contributed by atoms with Crippen LogP contribution in [0.3, 0.4) is 0 Å². The maximum absolute atomic E-state index is 12.7. The lowest BCUT2D eigenvalue weighted by atomic mass is 10.0. The first-order valence-electron chi connectivity index (χ1n) is 6.31. The molecule has 2 rings (SSSR count). The molecule has 0 heterocycles. The van der Waals surface area contributed by atoms with E-state index in [1.165, 1.54) is 24.3 Å². The summed E-state index contributed by atoms with van der Waals surface area (Å²) in [6.07, 6.45) is 1.66. The van der Waals surface area contributed by atoms with Gasteiger partial charge in [0.15, 0.2) is 0 Å². The molecule has 0 aliphatic rings. The molecule has 4 heteroatoms. The van der Waals surface area contributed by atoms with E-state index in [0.29, 0.717) is 5.56 Å². The third-order valence-corrected chi connectivity index (χ3v) is 2.90. The molecule has 102 valence electrons. The minimum atomic E-state index is -0.372. The molecule has 0 bridgehead atoms. The van der Waals surface area contributed by atoms with Crippen molar-refractivity contribution in [2.24, 2.45) is 5.10 Å². The highest BCUT2D eigenvalue weighted by Gasteiger charge is 2.04. The summed E-state index contributed by atoms with van der Waals surface area (Å²) in [5.74, 6) is -0.631. The molecule has 0 aliphatic heterocycles. The summed E-state index contributed by atoms with van der Waals surface area (Å²) in [5, 5.41) is 3.93. The number of benzene rings is 2. The molecule has 2 aromatic rings. The Morgan fingerprint density at radius 1 is 1.15 bits per heavy atom. The number of nitrogens with zero attached hydrogens (tertiary/aromatic N) is 1. The van der Waals surface area contributed by atoms with Crippen LogP contribution in [-0.4, -0.2) is 12.1 Å². The molecule has 0 saturated heterocycles. The molecular weight excluding hydrogens is 255 g/mol. The zero-order valence-electron chi connectivity index (χ0n) is 11.1.